The number of unbranched alkanes of at least 4 members (excludes halogenated alkanes) is 28. The molecule has 0 fully saturated rings. The minimum Gasteiger partial charge on any atom is -0.0654 e. The molecule has 0 aliphatic heterocycles. The summed E-state index contributed by atoms with van der Waals surface area (Å²) in [5.74, 6) is 0.363. The fraction of sp³-hybridized carbons (Fsp3) is 0.935. The minimum absolute atomic E-state index is 0.170. The van der Waals surface area contributed by atoms with Gasteiger partial charge in [0, 0.05) is 0 Å². The monoisotopic (exact) mass is 954 g/mol. The molecule has 0 heterocycles. The van der Waals surface area contributed by atoms with Crippen molar-refractivity contribution in [3.05, 3.63) is 0 Å². The van der Waals surface area contributed by atoms with Gasteiger partial charge >= 0.3 is 284 Å². The summed E-state index contributed by atoms with van der Waals surface area (Å²) < 4.78 is 18.0. The smallest absolute Gasteiger partial charge is 0.0654 e. The van der Waals surface area contributed by atoms with Crippen LogP contribution in [0.1, 0.15) is 233 Å². The Hall–Kier alpha value is 0.259. The molecule has 0 N–H and O–H groups in total. The molecule has 0 spiro atoms. The number of hydrogen-bond acceptors (Lipinski definition) is 9. The van der Waals surface area contributed by atoms with E-state index < -0.39 is 14.2 Å². The number of esters is 3. The second-order valence-electron chi connectivity index (χ2n) is 15.9. The molecule has 0 aliphatic rings. The molecular weight excluding hydrogens is 863 g/mol. The molecule has 0 rings (SSSR count). The molecule has 0 radical (unpaired) electrons. The second kappa shape index (κ2) is 44.8. The van der Waals surface area contributed by atoms with Crippen molar-refractivity contribution in [1.29, 1.82) is 0 Å². The van der Waals surface area contributed by atoms with Crippen molar-refractivity contribution in [2.75, 3.05) is 37.1 Å². The van der Waals surface area contributed by atoms with Crippen LogP contribution in [0.5, 0.6) is 0 Å². The van der Waals surface area contributed by atoms with Crippen LogP contribution in [-0.2, 0) is 28.6 Å². The van der Waals surface area contributed by atoms with Gasteiger partial charge in [-0.1, -0.05) is 78.6 Å². The normalized spacial score (nSPS) is 11.6. The van der Waals surface area contributed by atoms with Gasteiger partial charge in [0.25, 0.3) is 0 Å². The number of ether oxygens (including phenoxy) is 3. The van der Waals surface area contributed by atoms with Crippen molar-refractivity contribution < 1.29 is 28.6 Å². The van der Waals surface area contributed by atoms with Gasteiger partial charge in [-0.3, -0.25) is 0 Å². The zero-order chi connectivity index (χ0) is 41.1. The van der Waals surface area contributed by atoms with Crippen LogP contribution in [0, 0.1) is 0 Å². The van der Waals surface area contributed by atoms with Crippen LogP contribution in [0.15, 0.2) is 0 Å². The number of carbonyl (C=O) groups excluding carboxylic acids is 3. The van der Waals surface area contributed by atoms with Gasteiger partial charge in [-0.25, -0.2) is 0 Å². The number of rotatable bonds is 45. The van der Waals surface area contributed by atoms with E-state index in [0.717, 1.165) is 55.8 Å². The summed E-state index contributed by atoms with van der Waals surface area (Å²) in [4.78, 5) is 38.8. The minimum atomic E-state index is -3.35. The van der Waals surface area contributed by atoms with Gasteiger partial charge in [-0.05, 0) is 0 Å². The molecule has 0 aromatic heterocycles. The fourth-order valence-electron chi connectivity index (χ4n) is 6.69. The van der Waals surface area contributed by atoms with E-state index in [4.69, 9.17) is 14.2 Å². The van der Waals surface area contributed by atoms with Gasteiger partial charge in [0.05, 0.1) is 0 Å². The third-order valence-electron chi connectivity index (χ3n) is 10.3. The molecule has 0 aliphatic carbocycles. The van der Waals surface area contributed by atoms with Gasteiger partial charge < -0.3 is 0 Å². The average Bonchev–Trinajstić information content (AvgIpc) is 3.20. The molecule has 10 heteroatoms. The van der Waals surface area contributed by atoms with Crippen molar-refractivity contribution in [2.45, 2.75) is 238 Å². The van der Waals surface area contributed by atoms with E-state index in [9.17, 15) is 14.4 Å². The van der Waals surface area contributed by atoms with Crippen molar-refractivity contribution in [3.8, 4) is 0 Å². The molecule has 0 aromatic carbocycles. The first kappa shape index (κ1) is 56.3. The first-order valence-electron chi connectivity index (χ1n) is 23.8. The summed E-state index contributed by atoms with van der Waals surface area (Å²) in [6.07, 6.45) is 39.5. The SMILES string of the molecule is CCCCCCCCCCCCOC(=O)C[S][Sn]([CH2]CCC)([S]CC(=O)OCCCCCCCCCCCC)[S]CC(=O)OCCCCCCCCCCCC. The Bertz CT molecular complexity index is 777. The zero-order valence-electron chi connectivity index (χ0n) is 37.3. The average molecular weight is 954 g/mol. The van der Waals surface area contributed by atoms with Gasteiger partial charge in [-0.2, -0.15) is 0 Å². The third-order valence-corrected chi connectivity index (χ3v) is 48.9. The van der Waals surface area contributed by atoms with E-state index in [2.05, 4.69) is 27.7 Å². The van der Waals surface area contributed by atoms with Gasteiger partial charge in [0.15, 0.2) is 0 Å². The fourth-order valence-corrected chi connectivity index (χ4v) is 40.5. The molecule has 0 saturated heterocycles. The number of hydrogen-bond donors (Lipinski definition) is 0. The van der Waals surface area contributed by atoms with Crippen molar-refractivity contribution in [2.24, 2.45) is 0 Å². The van der Waals surface area contributed by atoms with Crippen LogP contribution < -0.4 is 0 Å². The van der Waals surface area contributed by atoms with E-state index in [1.165, 1.54) is 154 Å². The molecule has 0 aromatic rings. The van der Waals surface area contributed by atoms with Crippen molar-refractivity contribution >= 4 is 59.0 Å². The van der Waals surface area contributed by atoms with Crippen molar-refractivity contribution in [1.82, 2.24) is 0 Å². The Morgan fingerprint density at radius 2 is 0.536 bits per heavy atom. The third kappa shape index (κ3) is 39.7. The molecule has 332 valence electrons. The van der Waals surface area contributed by atoms with Crippen LogP contribution in [0.3, 0.4) is 0 Å². The van der Waals surface area contributed by atoms with Crippen LogP contribution in [0.25, 0.3) is 0 Å². The predicted octanol–water partition coefficient (Wildman–Crippen LogP) is 15.3. The van der Waals surface area contributed by atoms with Gasteiger partial charge in [0.2, 0.25) is 0 Å². The van der Waals surface area contributed by atoms with Crippen LogP contribution in [0.4, 0.5) is 0 Å². The Labute approximate surface area is 359 Å². The molecule has 0 amide bonds. The van der Waals surface area contributed by atoms with E-state index in [1.54, 1.807) is 26.8 Å². The summed E-state index contributed by atoms with van der Waals surface area (Å²) in [7, 11) is 5.16. The molecule has 0 saturated carbocycles. The van der Waals surface area contributed by atoms with Crippen LogP contribution >= 0.6 is 26.8 Å². The predicted molar refractivity (Wildman–Crippen MR) is 251 cm³/mol. The number of carbonyl (C=O) groups is 3. The summed E-state index contributed by atoms with van der Waals surface area (Å²) in [6.45, 7) is 10.4. The van der Waals surface area contributed by atoms with Gasteiger partial charge in [0.1, 0.15) is 0 Å². The first-order chi connectivity index (χ1) is 27.4. The van der Waals surface area contributed by atoms with E-state index in [0.29, 0.717) is 37.1 Å². The summed E-state index contributed by atoms with van der Waals surface area (Å²) in [6, 6.07) is 0. The summed E-state index contributed by atoms with van der Waals surface area (Å²) in [5, 5.41) is 0. The molecule has 6 nitrogen and oxygen atoms in total. The quantitative estimate of drug-likeness (QED) is 0.0257. The van der Waals surface area contributed by atoms with E-state index in [1.807, 2.05) is 0 Å². The first-order valence-corrected chi connectivity index (χ1v) is 39.3. The maximum atomic E-state index is 12.9. The Kier molecular flexibility index (Phi) is 45.0. The van der Waals surface area contributed by atoms with Crippen molar-refractivity contribution in [3.63, 3.8) is 0 Å². The van der Waals surface area contributed by atoms with Gasteiger partial charge in [-0.15, -0.1) is 0 Å². The molecular formula is C46H90O6S3Sn. The Balaban J connectivity index is 4.83. The van der Waals surface area contributed by atoms with E-state index in [-0.39, 0.29) is 17.9 Å². The van der Waals surface area contributed by atoms with E-state index >= 15 is 0 Å². The Morgan fingerprint density at radius 3 is 0.768 bits per heavy atom. The van der Waals surface area contributed by atoms with Crippen LogP contribution in [0.2, 0.25) is 4.44 Å². The Morgan fingerprint density at radius 1 is 0.321 bits per heavy atom. The molecule has 0 bridgehead atoms. The zero-order valence-corrected chi connectivity index (χ0v) is 42.6. The maximum absolute atomic E-state index is 12.9. The summed E-state index contributed by atoms with van der Waals surface area (Å²) in [5.41, 5.74) is 0. The molecule has 0 atom stereocenters. The molecule has 56 heavy (non-hydrogen) atoms. The topological polar surface area (TPSA) is 78.9 Å². The second-order valence-corrected chi connectivity index (χ2v) is 49.6. The molecule has 0 unspecified atom stereocenters. The summed E-state index contributed by atoms with van der Waals surface area (Å²) >= 11 is -3.35. The standard InChI is InChI=1S/3C14H28O2S.C4H9.Sn/c3*1-2-3-4-5-6-7-8-9-10-11-12-16-14(15)13-17;1-3-4-2;/h3*17H,2-13H2,1H3;1,3-4H2,2H3;/q;;;;+3/p-3. The van der Waals surface area contributed by atoms with Crippen LogP contribution in [-0.4, -0.2) is 69.2 Å².